The van der Waals surface area contributed by atoms with Crippen molar-refractivity contribution in [2.45, 2.75) is 51.0 Å². The monoisotopic (exact) mass is 293 g/mol. The fraction of sp³-hybridized carbons (Fsp3) is 0.588. The van der Waals surface area contributed by atoms with Crippen LogP contribution in [0, 0.1) is 0 Å². The van der Waals surface area contributed by atoms with Crippen molar-refractivity contribution in [1.82, 2.24) is 4.90 Å². The number of amides is 1. The Hall–Kier alpha value is -1.02. The maximum absolute atomic E-state index is 13.0. The number of hydrogen-bond acceptors (Lipinski definition) is 1. The number of carbonyl (C=O) groups excluding carboxylic acids is 1. The lowest BCUT2D eigenvalue weighted by Gasteiger charge is -2.36. The fourth-order valence-electron chi connectivity index (χ4n) is 3.09. The van der Waals surface area contributed by atoms with Gasteiger partial charge in [-0.15, -0.1) is 11.6 Å². The quantitative estimate of drug-likeness (QED) is 0.752. The molecule has 0 unspecified atom stereocenters. The predicted molar refractivity (Wildman–Crippen MR) is 84.2 cm³/mol. The van der Waals surface area contributed by atoms with E-state index in [0.29, 0.717) is 18.5 Å². The third kappa shape index (κ3) is 3.17. The smallest absolute Gasteiger partial charge is 0.232 e. The Morgan fingerprint density at radius 3 is 2.40 bits per heavy atom. The Kier molecular flexibility index (Phi) is 5.09. The first-order chi connectivity index (χ1) is 9.57. The van der Waals surface area contributed by atoms with Gasteiger partial charge in [0.25, 0.3) is 0 Å². The molecule has 1 aromatic rings. The van der Waals surface area contributed by atoms with Crippen LogP contribution in [-0.4, -0.2) is 29.3 Å². The van der Waals surface area contributed by atoms with Crippen molar-refractivity contribution in [2.24, 2.45) is 0 Å². The van der Waals surface area contributed by atoms with E-state index in [1.807, 2.05) is 49.1 Å². The Labute approximate surface area is 127 Å². The van der Waals surface area contributed by atoms with E-state index in [1.165, 1.54) is 12.8 Å². The number of hydrogen-bond donors (Lipinski definition) is 0. The standard InChI is InChI=1S/C17H24ClNO/c1-17(2,14-8-4-3-5-9-14)16(20)19(13-12-18)15-10-6-7-11-15/h3-5,8-9,15H,6-7,10-13H2,1-2H3. The predicted octanol–water partition coefficient (Wildman–Crippen LogP) is 3.97. The van der Waals surface area contributed by atoms with Gasteiger partial charge in [0.05, 0.1) is 5.41 Å². The summed E-state index contributed by atoms with van der Waals surface area (Å²) in [6.07, 6.45) is 4.69. The minimum absolute atomic E-state index is 0.205. The van der Waals surface area contributed by atoms with Gasteiger partial charge in [0.1, 0.15) is 0 Å². The topological polar surface area (TPSA) is 20.3 Å². The second-order valence-electron chi connectivity index (χ2n) is 6.12. The molecule has 1 aliphatic carbocycles. The molecule has 1 amide bonds. The molecule has 0 aromatic heterocycles. The summed E-state index contributed by atoms with van der Waals surface area (Å²) in [5.41, 5.74) is 0.582. The molecule has 0 atom stereocenters. The number of benzene rings is 1. The zero-order valence-corrected chi connectivity index (χ0v) is 13.2. The molecule has 1 saturated carbocycles. The zero-order valence-electron chi connectivity index (χ0n) is 12.4. The van der Waals surface area contributed by atoms with Gasteiger partial charge in [0.15, 0.2) is 0 Å². The normalized spacial score (nSPS) is 16.4. The third-order valence-corrected chi connectivity index (χ3v) is 4.55. The van der Waals surface area contributed by atoms with Crippen LogP contribution in [0.15, 0.2) is 30.3 Å². The lowest BCUT2D eigenvalue weighted by atomic mass is 9.82. The zero-order chi connectivity index (χ0) is 14.6. The molecule has 0 N–H and O–H groups in total. The molecule has 0 heterocycles. The molecule has 0 saturated heterocycles. The Morgan fingerprint density at radius 1 is 1.25 bits per heavy atom. The second-order valence-corrected chi connectivity index (χ2v) is 6.49. The molecular weight excluding hydrogens is 270 g/mol. The van der Waals surface area contributed by atoms with Gasteiger partial charge in [0.2, 0.25) is 5.91 Å². The van der Waals surface area contributed by atoms with Crippen molar-refractivity contribution in [2.75, 3.05) is 12.4 Å². The van der Waals surface area contributed by atoms with Crippen LogP contribution in [0.4, 0.5) is 0 Å². The molecule has 0 bridgehead atoms. The number of nitrogens with zero attached hydrogens (tertiary/aromatic N) is 1. The van der Waals surface area contributed by atoms with E-state index < -0.39 is 5.41 Å². The fourth-order valence-corrected chi connectivity index (χ4v) is 3.28. The minimum Gasteiger partial charge on any atom is -0.338 e. The molecule has 1 aromatic carbocycles. The molecule has 1 fully saturated rings. The summed E-state index contributed by atoms with van der Waals surface area (Å²) in [5, 5.41) is 0. The molecule has 2 rings (SSSR count). The number of carbonyl (C=O) groups is 1. The summed E-state index contributed by atoms with van der Waals surface area (Å²) < 4.78 is 0. The third-order valence-electron chi connectivity index (χ3n) is 4.38. The molecule has 2 nitrogen and oxygen atoms in total. The van der Waals surface area contributed by atoms with E-state index in [9.17, 15) is 4.79 Å². The van der Waals surface area contributed by atoms with E-state index in [1.54, 1.807) is 0 Å². The van der Waals surface area contributed by atoms with Crippen LogP contribution in [0.3, 0.4) is 0 Å². The van der Waals surface area contributed by atoms with Crippen molar-refractivity contribution in [3.05, 3.63) is 35.9 Å². The first-order valence-electron chi connectivity index (χ1n) is 7.50. The van der Waals surface area contributed by atoms with Gasteiger partial charge >= 0.3 is 0 Å². The van der Waals surface area contributed by atoms with E-state index in [4.69, 9.17) is 11.6 Å². The van der Waals surface area contributed by atoms with Gasteiger partial charge in [-0.2, -0.15) is 0 Å². The first kappa shape index (κ1) is 15.4. The average Bonchev–Trinajstić information content (AvgIpc) is 2.99. The highest BCUT2D eigenvalue weighted by molar-refractivity contribution is 6.18. The lowest BCUT2D eigenvalue weighted by Crippen LogP contribution is -2.48. The summed E-state index contributed by atoms with van der Waals surface area (Å²) >= 11 is 5.92. The van der Waals surface area contributed by atoms with Gasteiger partial charge in [-0.05, 0) is 32.3 Å². The highest BCUT2D eigenvalue weighted by Gasteiger charge is 2.37. The van der Waals surface area contributed by atoms with Crippen molar-refractivity contribution < 1.29 is 4.79 Å². The summed E-state index contributed by atoms with van der Waals surface area (Å²) in [7, 11) is 0. The summed E-state index contributed by atoms with van der Waals surface area (Å²) in [4.78, 5) is 15.0. The molecule has 3 heteroatoms. The van der Waals surface area contributed by atoms with E-state index >= 15 is 0 Å². The van der Waals surface area contributed by atoms with Crippen LogP contribution in [0.25, 0.3) is 0 Å². The van der Waals surface area contributed by atoms with Crippen LogP contribution in [-0.2, 0) is 10.2 Å². The first-order valence-corrected chi connectivity index (χ1v) is 8.03. The molecule has 0 radical (unpaired) electrons. The molecule has 0 aliphatic heterocycles. The van der Waals surface area contributed by atoms with Crippen molar-refractivity contribution in [1.29, 1.82) is 0 Å². The summed E-state index contributed by atoms with van der Waals surface area (Å²) in [5.74, 6) is 0.712. The van der Waals surface area contributed by atoms with Gasteiger partial charge in [-0.3, -0.25) is 4.79 Å². The Balaban J connectivity index is 2.21. The van der Waals surface area contributed by atoms with Crippen molar-refractivity contribution in [3.8, 4) is 0 Å². The summed E-state index contributed by atoms with van der Waals surface area (Å²) in [6.45, 7) is 4.68. The Morgan fingerprint density at radius 2 is 1.85 bits per heavy atom. The molecular formula is C17H24ClNO. The van der Waals surface area contributed by atoms with Gasteiger partial charge in [0, 0.05) is 18.5 Å². The van der Waals surface area contributed by atoms with Crippen LogP contribution in [0.1, 0.15) is 45.1 Å². The lowest BCUT2D eigenvalue weighted by molar-refractivity contribution is -0.138. The van der Waals surface area contributed by atoms with Crippen LogP contribution < -0.4 is 0 Å². The minimum atomic E-state index is -0.490. The average molecular weight is 294 g/mol. The highest BCUT2D eigenvalue weighted by atomic mass is 35.5. The summed E-state index contributed by atoms with van der Waals surface area (Å²) in [6, 6.07) is 10.4. The highest BCUT2D eigenvalue weighted by Crippen LogP contribution is 2.30. The largest absolute Gasteiger partial charge is 0.338 e. The SMILES string of the molecule is CC(C)(C(=O)N(CCCl)C1CCCC1)c1ccccc1. The van der Waals surface area contributed by atoms with Gasteiger partial charge in [-0.1, -0.05) is 43.2 Å². The molecule has 110 valence electrons. The molecule has 0 spiro atoms. The maximum Gasteiger partial charge on any atom is 0.232 e. The van der Waals surface area contributed by atoms with Crippen LogP contribution in [0.2, 0.25) is 0 Å². The maximum atomic E-state index is 13.0. The number of rotatable bonds is 5. The van der Waals surface area contributed by atoms with Gasteiger partial charge in [-0.25, -0.2) is 0 Å². The molecule has 20 heavy (non-hydrogen) atoms. The molecule has 1 aliphatic rings. The van der Waals surface area contributed by atoms with Crippen LogP contribution >= 0.6 is 11.6 Å². The van der Waals surface area contributed by atoms with E-state index in [2.05, 4.69) is 0 Å². The van der Waals surface area contributed by atoms with Crippen molar-refractivity contribution >= 4 is 17.5 Å². The number of alkyl halides is 1. The van der Waals surface area contributed by atoms with Gasteiger partial charge < -0.3 is 4.90 Å². The van der Waals surface area contributed by atoms with Crippen LogP contribution in [0.5, 0.6) is 0 Å². The van der Waals surface area contributed by atoms with Crippen molar-refractivity contribution in [3.63, 3.8) is 0 Å². The van der Waals surface area contributed by atoms with E-state index in [-0.39, 0.29) is 5.91 Å². The second kappa shape index (κ2) is 6.62. The van der Waals surface area contributed by atoms with E-state index in [0.717, 1.165) is 18.4 Å². The Bertz CT molecular complexity index is 438. The number of halogens is 1.